The largest absolute Gasteiger partial charge is 0.480 e. The number of hydrogen-bond donors (Lipinski definition) is 3. The van der Waals surface area contributed by atoms with Crippen molar-refractivity contribution in [3.05, 3.63) is 0 Å². The number of carboxylic acids is 1. The normalized spacial score (nSPS) is 13.9. The number of amides is 1. The molecule has 2 atom stereocenters. The highest BCUT2D eigenvalue weighted by atomic mass is 35.5. The van der Waals surface area contributed by atoms with Crippen molar-refractivity contribution >= 4 is 24.3 Å². The molecule has 0 saturated carbocycles. The van der Waals surface area contributed by atoms with Gasteiger partial charge in [-0.2, -0.15) is 0 Å². The molecular weight excluding hydrogens is 220 g/mol. The highest BCUT2D eigenvalue weighted by molar-refractivity contribution is 5.86. The quantitative estimate of drug-likeness (QED) is 0.645. The maximum absolute atomic E-state index is 11.3. The summed E-state index contributed by atoms with van der Waals surface area (Å²) in [6.45, 7) is 5.31. The van der Waals surface area contributed by atoms with Gasteiger partial charge in [0.15, 0.2) is 0 Å². The van der Waals surface area contributed by atoms with Crippen LogP contribution in [0, 0.1) is 5.92 Å². The Balaban J connectivity index is 0. The van der Waals surface area contributed by atoms with Crippen LogP contribution in [0.25, 0.3) is 0 Å². The maximum atomic E-state index is 11.3. The van der Waals surface area contributed by atoms with Gasteiger partial charge in [-0.05, 0) is 19.3 Å². The standard InChI is InChI=1S/C9H18N2O3.ClH/c1-5(2)4-7(10)8(12)11-6(3)9(13)14;/h5-7H,4,10H2,1-3H3,(H,11,12)(H,13,14);1H/t6-,7-;/m0./s1. The Morgan fingerprint density at radius 3 is 2.13 bits per heavy atom. The average molecular weight is 239 g/mol. The number of hydrogen-bond acceptors (Lipinski definition) is 3. The molecule has 0 saturated heterocycles. The lowest BCUT2D eigenvalue weighted by Crippen LogP contribution is -2.47. The van der Waals surface area contributed by atoms with Crippen LogP contribution in [-0.4, -0.2) is 29.1 Å². The molecule has 0 spiro atoms. The summed E-state index contributed by atoms with van der Waals surface area (Å²) >= 11 is 0. The van der Waals surface area contributed by atoms with E-state index >= 15 is 0 Å². The summed E-state index contributed by atoms with van der Waals surface area (Å²) in [5.74, 6) is -1.15. The zero-order chi connectivity index (χ0) is 11.3. The Kier molecular flexibility index (Phi) is 8.28. The minimum Gasteiger partial charge on any atom is -0.480 e. The molecule has 0 fully saturated rings. The van der Waals surface area contributed by atoms with Crippen LogP contribution < -0.4 is 11.1 Å². The van der Waals surface area contributed by atoms with Gasteiger partial charge in [0.2, 0.25) is 5.91 Å². The molecule has 0 aliphatic heterocycles. The van der Waals surface area contributed by atoms with E-state index in [9.17, 15) is 9.59 Å². The van der Waals surface area contributed by atoms with Crippen LogP contribution in [-0.2, 0) is 9.59 Å². The summed E-state index contributed by atoms with van der Waals surface area (Å²) in [5.41, 5.74) is 5.56. The first-order valence-electron chi connectivity index (χ1n) is 4.63. The average Bonchev–Trinajstić information content (AvgIpc) is 2.02. The molecule has 0 aromatic carbocycles. The molecule has 1 amide bonds. The van der Waals surface area contributed by atoms with E-state index in [4.69, 9.17) is 10.8 Å². The van der Waals surface area contributed by atoms with Gasteiger partial charge in [0.05, 0.1) is 6.04 Å². The molecule has 5 nitrogen and oxygen atoms in total. The Hall–Kier alpha value is -0.810. The van der Waals surface area contributed by atoms with E-state index in [1.807, 2.05) is 13.8 Å². The van der Waals surface area contributed by atoms with Crippen LogP contribution >= 0.6 is 12.4 Å². The number of nitrogens with one attached hydrogen (secondary N) is 1. The fourth-order valence-corrected chi connectivity index (χ4v) is 0.997. The summed E-state index contributed by atoms with van der Waals surface area (Å²) in [6, 6.07) is -1.52. The van der Waals surface area contributed by atoms with Gasteiger partial charge in [-0.15, -0.1) is 12.4 Å². The molecule has 0 aliphatic carbocycles. The Bertz CT molecular complexity index is 221. The van der Waals surface area contributed by atoms with E-state index in [1.54, 1.807) is 0 Å². The number of nitrogens with two attached hydrogens (primary N) is 1. The predicted molar refractivity (Wildman–Crippen MR) is 59.9 cm³/mol. The number of aliphatic carboxylic acids is 1. The summed E-state index contributed by atoms with van der Waals surface area (Å²) in [4.78, 5) is 21.7. The van der Waals surface area contributed by atoms with Crippen molar-refractivity contribution in [2.24, 2.45) is 11.7 Å². The first kappa shape index (κ1) is 16.6. The molecule has 4 N–H and O–H groups in total. The van der Waals surface area contributed by atoms with Gasteiger partial charge >= 0.3 is 5.97 Å². The lowest BCUT2D eigenvalue weighted by atomic mass is 10.0. The van der Waals surface area contributed by atoms with Crippen molar-refractivity contribution in [3.63, 3.8) is 0 Å². The predicted octanol–water partition coefficient (Wildman–Crippen LogP) is 0.371. The molecule has 15 heavy (non-hydrogen) atoms. The molecule has 0 unspecified atom stereocenters. The molecule has 90 valence electrons. The van der Waals surface area contributed by atoms with E-state index in [0.717, 1.165) is 0 Å². The third kappa shape index (κ3) is 7.16. The molecule has 0 aromatic rings. The fraction of sp³-hybridized carbons (Fsp3) is 0.778. The number of carbonyl (C=O) groups excluding carboxylic acids is 1. The Morgan fingerprint density at radius 1 is 1.33 bits per heavy atom. The molecular formula is C9H19ClN2O3. The van der Waals surface area contributed by atoms with Crippen molar-refractivity contribution in [2.75, 3.05) is 0 Å². The highest BCUT2D eigenvalue weighted by Crippen LogP contribution is 2.02. The molecule has 6 heteroatoms. The monoisotopic (exact) mass is 238 g/mol. The van der Waals surface area contributed by atoms with E-state index in [-0.39, 0.29) is 12.4 Å². The van der Waals surface area contributed by atoms with E-state index in [0.29, 0.717) is 12.3 Å². The van der Waals surface area contributed by atoms with Crippen LogP contribution in [0.5, 0.6) is 0 Å². The van der Waals surface area contributed by atoms with Crippen LogP contribution in [0.15, 0.2) is 0 Å². The number of rotatable bonds is 5. The lowest BCUT2D eigenvalue weighted by molar-refractivity contribution is -0.141. The molecule has 0 rings (SSSR count). The zero-order valence-electron chi connectivity index (χ0n) is 9.19. The molecule has 0 radical (unpaired) electrons. The van der Waals surface area contributed by atoms with E-state index in [2.05, 4.69) is 5.32 Å². The SMILES string of the molecule is CC(C)C[C@H](N)C(=O)N[C@@H](C)C(=O)O.Cl. The second-order valence-electron chi connectivity index (χ2n) is 3.80. The van der Waals surface area contributed by atoms with Gasteiger partial charge in [-0.1, -0.05) is 13.8 Å². The number of carbonyl (C=O) groups is 2. The van der Waals surface area contributed by atoms with E-state index < -0.39 is 24.0 Å². The fourth-order valence-electron chi connectivity index (χ4n) is 0.997. The zero-order valence-corrected chi connectivity index (χ0v) is 10.0. The van der Waals surface area contributed by atoms with Crippen molar-refractivity contribution < 1.29 is 14.7 Å². The van der Waals surface area contributed by atoms with Gasteiger partial charge in [-0.3, -0.25) is 9.59 Å². The first-order valence-corrected chi connectivity index (χ1v) is 4.63. The van der Waals surface area contributed by atoms with E-state index in [1.165, 1.54) is 6.92 Å². The lowest BCUT2D eigenvalue weighted by Gasteiger charge is -2.16. The summed E-state index contributed by atoms with van der Waals surface area (Å²) in [7, 11) is 0. The van der Waals surface area contributed by atoms with Gasteiger partial charge in [0.25, 0.3) is 0 Å². The highest BCUT2D eigenvalue weighted by Gasteiger charge is 2.19. The van der Waals surface area contributed by atoms with Crippen molar-refractivity contribution in [1.29, 1.82) is 0 Å². The van der Waals surface area contributed by atoms with Crippen molar-refractivity contribution in [2.45, 2.75) is 39.3 Å². The van der Waals surface area contributed by atoms with Crippen molar-refractivity contribution in [1.82, 2.24) is 5.32 Å². The second-order valence-corrected chi connectivity index (χ2v) is 3.80. The van der Waals surface area contributed by atoms with Gasteiger partial charge in [0, 0.05) is 0 Å². The number of carboxylic acid groups (broad SMARTS) is 1. The minimum absolute atomic E-state index is 0. The topological polar surface area (TPSA) is 92.4 Å². The molecule has 0 aromatic heterocycles. The maximum Gasteiger partial charge on any atom is 0.325 e. The summed E-state index contributed by atoms with van der Waals surface area (Å²) < 4.78 is 0. The van der Waals surface area contributed by atoms with Crippen LogP contribution in [0.3, 0.4) is 0 Å². The second kappa shape index (κ2) is 7.48. The molecule has 0 aliphatic rings. The van der Waals surface area contributed by atoms with Crippen LogP contribution in [0.2, 0.25) is 0 Å². The van der Waals surface area contributed by atoms with Crippen molar-refractivity contribution in [3.8, 4) is 0 Å². The third-order valence-corrected chi connectivity index (χ3v) is 1.79. The smallest absolute Gasteiger partial charge is 0.325 e. The third-order valence-electron chi connectivity index (χ3n) is 1.79. The summed E-state index contributed by atoms with van der Waals surface area (Å²) in [6.07, 6.45) is 0.554. The van der Waals surface area contributed by atoms with Gasteiger partial charge in [-0.25, -0.2) is 0 Å². The minimum atomic E-state index is -1.06. The summed E-state index contributed by atoms with van der Waals surface area (Å²) in [5, 5.41) is 10.9. The first-order chi connectivity index (χ1) is 6.34. The van der Waals surface area contributed by atoms with Gasteiger partial charge in [0.1, 0.15) is 6.04 Å². The van der Waals surface area contributed by atoms with Crippen LogP contribution in [0.4, 0.5) is 0 Å². The molecule has 0 bridgehead atoms. The molecule has 0 heterocycles. The number of halogens is 1. The Morgan fingerprint density at radius 2 is 1.80 bits per heavy atom. The van der Waals surface area contributed by atoms with Gasteiger partial charge < -0.3 is 16.2 Å². The van der Waals surface area contributed by atoms with Crippen LogP contribution in [0.1, 0.15) is 27.2 Å². The Labute approximate surface area is 95.8 Å².